The third-order valence-electron chi connectivity index (χ3n) is 3.54. The third-order valence-corrected chi connectivity index (χ3v) is 3.54. The number of benzene rings is 1. The monoisotopic (exact) mass is 277 g/mol. The Balaban J connectivity index is 1.90. The van der Waals surface area contributed by atoms with Crippen molar-refractivity contribution in [1.29, 1.82) is 0 Å². The number of amides is 1. The zero-order valence-electron chi connectivity index (χ0n) is 12.0. The van der Waals surface area contributed by atoms with E-state index in [0.29, 0.717) is 0 Å². The summed E-state index contributed by atoms with van der Waals surface area (Å²) in [6.07, 6.45) is 3.75. The summed E-state index contributed by atoms with van der Waals surface area (Å²) >= 11 is 0. The average Bonchev–Trinajstić information content (AvgIpc) is 2.63. The van der Waals surface area contributed by atoms with Crippen LogP contribution in [0.1, 0.15) is 38.2 Å². The van der Waals surface area contributed by atoms with Gasteiger partial charge in [-0.2, -0.15) is 0 Å². The molecule has 4 nitrogen and oxygen atoms in total. The highest BCUT2D eigenvalue weighted by atomic mass is 16.5. The van der Waals surface area contributed by atoms with Gasteiger partial charge in [0, 0.05) is 6.54 Å². The lowest BCUT2D eigenvalue weighted by atomic mass is 10.1. The largest absolute Gasteiger partial charge is 0.481 e. The lowest BCUT2D eigenvalue weighted by Gasteiger charge is -2.16. The van der Waals surface area contributed by atoms with Gasteiger partial charge in [0.05, 0.1) is 6.10 Å². The summed E-state index contributed by atoms with van der Waals surface area (Å²) in [5, 5.41) is 12.1. The van der Waals surface area contributed by atoms with Crippen LogP contribution in [-0.4, -0.2) is 29.8 Å². The Bertz CT molecular complexity index is 428. The topological polar surface area (TPSA) is 58.6 Å². The van der Waals surface area contributed by atoms with Gasteiger partial charge in [0.25, 0.3) is 5.91 Å². The van der Waals surface area contributed by atoms with Gasteiger partial charge >= 0.3 is 0 Å². The first-order valence-electron chi connectivity index (χ1n) is 7.36. The second-order valence-corrected chi connectivity index (χ2v) is 5.42. The predicted molar refractivity (Wildman–Crippen MR) is 77.7 cm³/mol. The van der Waals surface area contributed by atoms with Crippen LogP contribution < -0.4 is 10.1 Å². The van der Waals surface area contributed by atoms with Crippen LogP contribution in [-0.2, 0) is 11.2 Å². The van der Waals surface area contributed by atoms with Gasteiger partial charge in [-0.3, -0.25) is 4.79 Å². The molecule has 20 heavy (non-hydrogen) atoms. The summed E-state index contributed by atoms with van der Waals surface area (Å²) in [7, 11) is 0. The Hall–Kier alpha value is -1.55. The molecule has 2 atom stereocenters. The number of hydrogen-bond acceptors (Lipinski definition) is 3. The Morgan fingerprint density at radius 2 is 2.10 bits per heavy atom. The molecule has 0 spiro atoms. The first-order valence-corrected chi connectivity index (χ1v) is 7.36. The molecule has 4 heteroatoms. The van der Waals surface area contributed by atoms with Crippen molar-refractivity contribution in [3.8, 4) is 5.75 Å². The van der Waals surface area contributed by atoms with E-state index in [0.717, 1.165) is 44.4 Å². The third kappa shape index (κ3) is 4.53. The van der Waals surface area contributed by atoms with Gasteiger partial charge in [-0.1, -0.05) is 12.1 Å². The van der Waals surface area contributed by atoms with Crippen molar-refractivity contribution >= 4 is 5.91 Å². The van der Waals surface area contributed by atoms with Crippen LogP contribution in [0, 0.1) is 0 Å². The molecule has 1 aliphatic rings. The molecule has 1 aromatic rings. The summed E-state index contributed by atoms with van der Waals surface area (Å²) in [6, 6.07) is 7.78. The van der Waals surface area contributed by atoms with Crippen LogP contribution in [0.5, 0.6) is 5.75 Å². The van der Waals surface area contributed by atoms with Gasteiger partial charge in [-0.25, -0.2) is 0 Å². The van der Waals surface area contributed by atoms with E-state index in [-0.39, 0.29) is 18.1 Å². The molecule has 1 aliphatic heterocycles. The van der Waals surface area contributed by atoms with Gasteiger partial charge in [-0.05, 0) is 56.7 Å². The number of ether oxygens (including phenoxy) is 1. The number of aliphatic hydroxyl groups excluding tert-OH is 1. The number of carbonyl (C=O) groups is 1. The van der Waals surface area contributed by atoms with Crippen LogP contribution >= 0.6 is 0 Å². The maximum absolute atomic E-state index is 11.8. The van der Waals surface area contributed by atoms with Gasteiger partial charge in [0.15, 0.2) is 6.10 Å². The molecule has 0 aliphatic carbocycles. The van der Waals surface area contributed by atoms with E-state index in [1.807, 2.05) is 24.3 Å². The fraction of sp³-hybridized carbons (Fsp3) is 0.562. The Kier molecular flexibility index (Phi) is 5.41. The Labute approximate surface area is 120 Å². The summed E-state index contributed by atoms with van der Waals surface area (Å²) in [5.41, 5.74) is 1.17. The summed E-state index contributed by atoms with van der Waals surface area (Å²) < 4.78 is 5.77. The first kappa shape index (κ1) is 14.9. The van der Waals surface area contributed by atoms with Crippen molar-refractivity contribution in [2.24, 2.45) is 0 Å². The lowest BCUT2D eigenvalue weighted by Crippen LogP contribution is -2.36. The Morgan fingerprint density at radius 3 is 2.80 bits per heavy atom. The molecular weight excluding hydrogens is 254 g/mol. The van der Waals surface area contributed by atoms with E-state index in [4.69, 9.17) is 4.74 Å². The van der Waals surface area contributed by atoms with Crippen LogP contribution in [0.3, 0.4) is 0 Å². The number of nitrogens with one attached hydrogen (secondary N) is 1. The fourth-order valence-corrected chi connectivity index (χ4v) is 2.30. The fourth-order valence-electron chi connectivity index (χ4n) is 2.30. The molecule has 2 rings (SSSR count). The lowest BCUT2D eigenvalue weighted by molar-refractivity contribution is -0.127. The molecule has 2 unspecified atom stereocenters. The van der Waals surface area contributed by atoms with Crippen molar-refractivity contribution in [2.75, 3.05) is 6.54 Å². The normalized spacial score (nSPS) is 20.9. The molecule has 1 aromatic carbocycles. The van der Waals surface area contributed by atoms with E-state index < -0.39 is 0 Å². The summed E-state index contributed by atoms with van der Waals surface area (Å²) in [6.45, 7) is 2.54. The van der Waals surface area contributed by atoms with E-state index in [1.165, 1.54) is 5.56 Å². The van der Waals surface area contributed by atoms with E-state index in [9.17, 15) is 9.90 Å². The average molecular weight is 277 g/mol. The molecule has 1 fully saturated rings. The van der Waals surface area contributed by atoms with Gasteiger partial charge in [-0.15, -0.1) is 0 Å². The van der Waals surface area contributed by atoms with Crippen LogP contribution in [0.4, 0.5) is 0 Å². The zero-order valence-corrected chi connectivity index (χ0v) is 12.0. The van der Waals surface area contributed by atoms with Gasteiger partial charge in [0.2, 0.25) is 0 Å². The molecule has 0 aromatic heterocycles. The van der Waals surface area contributed by atoms with Crippen molar-refractivity contribution in [3.05, 3.63) is 29.8 Å². The maximum atomic E-state index is 11.8. The van der Waals surface area contributed by atoms with Crippen LogP contribution in [0.2, 0.25) is 0 Å². The Morgan fingerprint density at radius 1 is 1.35 bits per heavy atom. The molecule has 2 N–H and O–H groups in total. The minimum absolute atomic E-state index is 0.0133. The SMILES string of the molecule is CC(O)CCc1ccc(OC2CCCCNC2=O)cc1. The van der Waals surface area contributed by atoms with Gasteiger partial charge in [0.1, 0.15) is 5.75 Å². The molecule has 0 bridgehead atoms. The van der Waals surface area contributed by atoms with Crippen molar-refractivity contribution in [2.45, 2.75) is 51.2 Å². The first-order chi connectivity index (χ1) is 9.65. The minimum Gasteiger partial charge on any atom is -0.481 e. The molecule has 1 heterocycles. The van der Waals surface area contributed by atoms with Gasteiger partial charge < -0.3 is 15.2 Å². The number of aryl methyl sites for hydroxylation is 1. The number of hydrogen-bond donors (Lipinski definition) is 2. The van der Waals surface area contributed by atoms with E-state index in [1.54, 1.807) is 6.92 Å². The number of aliphatic hydroxyl groups is 1. The standard InChI is InChI=1S/C16H23NO3/c1-12(18)5-6-13-7-9-14(10-8-13)20-15-4-2-3-11-17-16(15)19/h7-10,12,15,18H,2-6,11H2,1H3,(H,17,19). The molecule has 110 valence electrons. The zero-order chi connectivity index (χ0) is 14.4. The smallest absolute Gasteiger partial charge is 0.261 e. The molecule has 0 saturated carbocycles. The molecule has 1 amide bonds. The summed E-state index contributed by atoms with van der Waals surface area (Å²) in [4.78, 5) is 11.8. The summed E-state index contributed by atoms with van der Waals surface area (Å²) in [5.74, 6) is 0.716. The number of rotatable bonds is 5. The van der Waals surface area contributed by atoms with E-state index in [2.05, 4.69) is 5.32 Å². The second kappa shape index (κ2) is 7.29. The second-order valence-electron chi connectivity index (χ2n) is 5.42. The molecular formula is C16H23NO3. The maximum Gasteiger partial charge on any atom is 0.261 e. The van der Waals surface area contributed by atoms with Crippen molar-refractivity contribution in [3.63, 3.8) is 0 Å². The quantitative estimate of drug-likeness (QED) is 0.866. The highest BCUT2D eigenvalue weighted by molar-refractivity contribution is 5.81. The van der Waals surface area contributed by atoms with Crippen molar-refractivity contribution in [1.82, 2.24) is 5.32 Å². The van der Waals surface area contributed by atoms with Crippen LogP contribution in [0.15, 0.2) is 24.3 Å². The highest BCUT2D eigenvalue weighted by Gasteiger charge is 2.22. The predicted octanol–water partition coefficient (Wildman–Crippen LogP) is 2.05. The van der Waals surface area contributed by atoms with E-state index >= 15 is 0 Å². The molecule has 1 saturated heterocycles. The van der Waals surface area contributed by atoms with Crippen molar-refractivity contribution < 1.29 is 14.6 Å². The molecule has 0 radical (unpaired) electrons. The highest BCUT2D eigenvalue weighted by Crippen LogP contribution is 2.18. The minimum atomic E-state index is -0.374. The number of carbonyl (C=O) groups excluding carboxylic acids is 1. The van der Waals surface area contributed by atoms with Crippen LogP contribution in [0.25, 0.3) is 0 Å².